The number of nitrogens with one attached hydrogen (secondary N) is 1. The summed E-state index contributed by atoms with van der Waals surface area (Å²) in [5, 5.41) is 3.87. The molecule has 1 aliphatic heterocycles. The molecule has 2 amide bonds. The Labute approximate surface area is 216 Å². The predicted octanol–water partition coefficient (Wildman–Crippen LogP) is 5.12. The summed E-state index contributed by atoms with van der Waals surface area (Å²) in [4.78, 5) is 28.8. The number of nitrogens with zero attached hydrogens (tertiary/aromatic N) is 1. The van der Waals surface area contributed by atoms with E-state index in [1.807, 2.05) is 47.4 Å². The van der Waals surface area contributed by atoms with Crippen LogP contribution in [0.1, 0.15) is 47.2 Å². The van der Waals surface area contributed by atoms with E-state index in [0.717, 1.165) is 35.3 Å². The van der Waals surface area contributed by atoms with E-state index in [1.54, 1.807) is 23.9 Å². The van der Waals surface area contributed by atoms with E-state index in [2.05, 4.69) is 5.32 Å². The van der Waals surface area contributed by atoms with E-state index in [4.69, 9.17) is 21.1 Å². The van der Waals surface area contributed by atoms with E-state index < -0.39 is 6.29 Å². The minimum atomic E-state index is -0.490. The van der Waals surface area contributed by atoms with Crippen LogP contribution >= 0.6 is 23.4 Å². The summed E-state index contributed by atoms with van der Waals surface area (Å²) in [6.45, 7) is 0.815. The summed E-state index contributed by atoms with van der Waals surface area (Å²) >= 11 is 7.90. The lowest BCUT2D eigenvalue weighted by Crippen LogP contribution is -2.50. The van der Waals surface area contributed by atoms with Crippen LogP contribution in [-0.4, -0.2) is 55.1 Å². The average Bonchev–Trinajstić information content (AvgIpc) is 2.87. The Kier molecular flexibility index (Phi) is 8.89. The van der Waals surface area contributed by atoms with Crippen LogP contribution in [0.4, 0.5) is 0 Å². The average molecular weight is 515 g/mol. The minimum absolute atomic E-state index is 0.0603. The Morgan fingerprint density at radius 2 is 1.91 bits per heavy atom. The number of hydrogen-bond donors (Lipinski definition) is 1. The molecule has 2 unspecified atom stereocenters. The number of benzene rings is 2. The maximum absolute atomic E-state index is 13.6. The van der Waals surface area contributed by atoms with Gasteiger partial charge in [0, 0.05) is 42.6 Å². The summed E-state index contributed by atoms with van der Waals surface area (Å²) in [7, 11) is 3.05. The van der Waals surface area contributed by atoms with Crippen molar-refractivity contribution in [1.82, 2.24) is 10.2 Å². The molecular formula is C27H31ClN2O4S. The highest BCUT2D eigenvalue weighted by molar-refractivity contribution is 8.04. The lowest BCUT2D eigenvalue weighted by atomic mass is 9.92. The van der Waals surface area contributed by atoms with Gasteiger partial charge in [-0.2, -0.15) is 0 Å². The van der Waals surface area contributed by atoms with Crippen LogP contribution in [0.25, 0.3) is 6.08 Å². The number of hydrogen-bond acceptors (Lipinski definition) is 5. The quantitative estimate of drug-likeness (QED) is 0.391. The molecule has 2 aromatic carbocycles. The second-order valence-corrected chi connectivity index (χ2v) is 10.5. The first-order chi connectivity index (χ1) is 17.0. The second-order valence-electron chi connectivity index (χ2n) is 8.81. The third-order valence-electron chi connectivity index (χ3n) is 6.49. The summed E-state index contributed by atoms with van der Waals surface area (Å²) in [5.74, 6) is -0.144. The maximum Gasteiger partial charge on any atom is 0.260 e. The van der Waals surface area contributed by atoms with Crippen molar-refractivity contribution < 1.29 is 19.1 Å². The van der Waals surface area contributed by atoms with Gasteiger partial charge in [0.1, 0.15) is 0 Å². The standard InChI is InChI=1S/C27H31ClN2O4S/c1-33-25(34-2)16-29-26(31)20-12-10-18(11-13-20)15-24-27(32)30(17-19-6-5-7-21(28)14-19)22-8-3-4-9-23(22)35-24/h5-7,10-15,22-23,25H,3-4,8-9,16-17H2,1-2H3,(H,29,31)/b24-15+. The van der Waals surface area contributed by atoms with Crippen LogP contribution in [0.2, 0.25) is 5.02 Å². The van der Waals surface area contributed by atoms with Crippen molar-refractivity contribution in [3.63, 3.8) is 0 Å². The molecule has 35 heavy (non-hydrogen) atoms. The molecule has 1 saturated heterocycles. The lowest BCUT2D eigenvalue weighted by molar-refractivity contribution is -0.130. The highest BCUT2D eigenvalue weighted by Gasteiger charge is 2.40. The molecule has 1 aliphatic carbocycles. The predicted molar refractivity (Wildman–Crippen MR) is 140 cm³/mol. The Bertz CT molecular complexity index is 1070. The molecule has 1 saturated carbocycles. The highest BCUT2D eigenvalue weighted by atomic mass is 35.5. The van der Waals surface area contributed by atoms with Crippen molar-refractivity contribution in [3.8, 4) is 0 Å². The van der Waals surface area contributed by atoms with Crippen molar-refractivity contribution >= 4 is 41.3 Å². The van der Waals surface area contributed by atoms with E-state index in [0.29, 0.717) is 22.4 Å². The van der Waals surface area contributed by atoms with Gasteiger partial charge in [-0.05, 0) is 54.3 Å². The molecule has 2 fully saturated rings. The Balaban J connectivity index is 1.50. The van der Waals surface area contributed by atoms with Crippen LogP contribution in [0, 0.1) is 0 Å². The fourth-order valence-corrected chi connectivity index (χ4v) is 6.30. The van der Waals surface area contributed by atoms with Gasteiger partial charge >= 0.3 is 0 Å². The largest absolute Gasteiger partial charge is 0.354 e. The van der Waals surface area contributed by atoms with Gasteiger partial charge in [0.15, 0.2) is 6.29 Å². The molecule has 6 nitrogen and oxygen atoms in total. The van der Waals surface area contributed by atoms with Gasteiger partial charge in [-0.3, -0.25) is 9.59 Å². The zero-order valence-corrected chi connectivity index (χ0v) is 21.6. The second kappa shape index (κ2) is 12.1. The molecular weight excluding hydrogens is 484 g/mol. The molecule has 8 heteroatoms. The molecule has 2 aromatic rings. The van der Waals surface area contributed by atoms with Crippen LogP contribution in [0.15, 0.2) is 53.4 Å². The lowest BCUT2D eigenvalue weighted by Gasteiger charge is -2.44. The van der Waals surface area contributed by atoms with Crippen molar-refractivity contribution in [2.24, 2.45) is 0 Å². The Morgan fingerprint density at radius 3 is 2.63 bits per heavy atom. The molecule has 0 aromatic heterocycles. The fraction of sp³-hybridized carbons (Fsp3) is 0.407. The number of rotatable bonds is 8. The number of carbonyl (C=O) groups is 2. The van der Waals surface area contributed by atoms with Gasteiger partial charge in [-0.1, -0.05) is 48.7 Å². The Hall–Kier alpha value is -2.32. The van der Waals surface area contributed by atoms with Crippen LogP contribution in [0.3, 0.4) is 0 Å². The van der Waals surface area contributed by atoms with Gasteiger partial charge in [0.25, 0.3) is 11.8 Å². The topological polar surface area (TPSA) is 67.9 Å². The number of halogens is 1. The summed E-state index contributed by atoms with van der Waals surface area (Å²) < 4.78 is 10.2. The zero-order valence-electron chi connectivity index (χ0n) is 20.0. The molecule has 1 N–H and O–H groups in total. The van der Waals surface area contributed by atoms with E-state index in [1.165, 1.54) is 20.6 Å². The third-order valence-corrected chi connectivity index (χ3v) is 8.12. The first-order valence-electron chi connectivity index (χ1n) is 11.9. The molecule has 0 spiro atoms. The zero-order chi connectivity index (χ0) is 24.8. The Morgan fingerprint density at radius 1 is 1.17 bits per heavy atom. The number of thioether (sulfide) groups is 1. The maximum atomic E-state index is 13.6. The number of fused-ring (bicyclic) bond motifs is 1. The molecule has 2 atom stereocenters. The van der Waals surface area contributed by atoms with Crippen molar-refractivity contribution in [1.29, 1.82) is 0 Å². The van der Waals surface area contributed by atoms with Crippen molar-refractivity contribution in [2.75, 3.05) is 20.8 Å². The highest BCUT2D eigenvalue weighted by Crippen LogP contribution is 2.42. The summed E-state index contributed by atoms with van der Waals surface area (Å²) in [6, 6.07) is 15.2. The van der Waals surface area contributed by atoms with E-state index in [9.17, 15) is 9.59 Å². The molecule has 1 heterocycles. The van der Waals surface area contributed by atoms with Gasteiger partial charge in [-0.15, -0.1) is 11.8 Å². The minimum Gasteiger partial charge on any atom is -0.354 e. The summed E-state index contributed by atoms with van der Waals surface area (Å²) in [5.41, 5.74) is 2.47. The molecule has 4 rings (SSSR count). The summed E-state index contributed by atoms with van der Waals surface area (Å²) in [6.07, 6.45) is 5.94. The van der Waals surface area contributed by atoms with E-state index >= 15 is 0 Å². The first kappa shape index (κ1) is 25.8. The number of ether oxygens (including phenoxy) is 2. The van der Waals surface area contributed by atoms with E-state index in [-0.39, 0.29) is 24.4 Å². The number of methoxy groups -OCH3 is 2. The molecule has 2 aliphatic rings. The van der Waals surface area contributed by atoms with Crippen LogP contribution < -0.4 is 5.32 Å². The van der Waals surface area contributed by atoms with Crippen LogP contribution in [-0.2, 0) is 20.8 Å². The van der Waals surface area contributed by atoms with Crippen molar-refractivity contribution in [2.45, 2.75) is 49.8 Å². The first-order valence-corrected chi connectivity index (χ1v) is 13.1. The number of amides is 2. The normalized spacial score (nSPS) is 21.3. The van der Waals surface area contributed by atoms with Gasteiger partial charge in [0.05, 0.1) is 11.4 Å². The molecule has 186 valence electrons. The smallest absolute Gasteiger partial charge is 0.260 e. The number of carbonyl (C=O) groups excluding carboxylic acids is 2. The van der Waals surface area contributed by atoms with Gasteiger partial charge < -0.3 is 19.7 Å². The van der Waals surface area contributed by atoms with Crippen molar-refractivity contribution in [3.05, 3.63) is 75.1 Å². The molecule has 0 radical (unpaired) electrons. The van der Waals surface area contributed by atoms with Crippen LogP contribution in [0.5, 0.6) is 0 Å². The third kappa shape index (κ3) is 6.47. The van der Waals surface area contributed by atoms with Gasteiger partial charge in [-0.25, -0.2) is 0 Å². The monoisotopic (exact) mass is 514 g/mol. The SMILES string of the molecule is COC(CNC(=O)c1ccc(/C=C2/SC3CCCCC3N(Cc3cccc(Cl)c3)C2=O)cc1)OC. The van der Waals surface area contributed by atoms with Gasteiger partial charge in [0.2, 0.25) is 0 Å². The fourth-order valence-electron chi connectivity index (χ4n) is 4.62. The molecule has 0 bridgehead atoms.